The molecule has 4 heteroatoms. The quantitative estimate of drug-likeness (QED) is 0.708. The van der Waals surface area contributed by atoms with E-state index in [4.69, 9.17) is 27.9 Å². The number of alkyl halides is 1. The summed E-state index contributed by atoms with van der Waals surface area (Å²) in [6, 6.07) is 11.9. The molecule has 0 N–H and O–H groups in total. The Kier molecular flexibility index (Phi) is 4.80. The average molecular weight is 324 g/mol. The van der Waals surface area contributed by atoms with Crippen molar-refractivity contribution in [1.82, 2.24) is 4.98 Å². The molecule has 0 saturated carbocycles. The first-order valence-corrected chi connectivity index (χ1v) is 7.59. The number of ether oxygens (including phenoxy) is 1. The molecule has 0 spiro atoms. The number of pyridine rings is 1. The van der Waals surface area contributed by atoms with Gasteiger partial charge in [-0.15, -0.1) is 11.6 Å². The third-order valence-corrected chi connectivity index (χ3v) is 4.12. The number of rotatable bonds is 3. The van der Waals surface area contributed by atoms with Crippen molar-refractivity contribution in [3.05, 3.63) is 58.2 Å². The first kappa shape index (κ1) is 16.1. The predicted molar refractivity (Wildman–Crippen MR) is 88.6 cm³/mol. The summed E-state index contributed by atoms with van der Waals surface area (Å²) in [5.41, 5.74) is 3.13. The lowest BCUT2D eigenvalue weighted by atomic mass is 9.86. The van der Waals surface area contributed by atoms with Crippen LogP contribution in [0.2, 0.25) is 5.02 Å². The van der Waals surface area contributed by atoms with Crippen LogP contribution in [0.5, 0.6) is 5.88 Å². The summed E-state index contributed by atoms with van der Waals surface area (Å²) in [6.07, 6.45) is 0. The maximum absolute atomic E-state index is 6.52. The zero-order chi connectivity index (χ0) is 15.6. The molecule has 0 saturated heterocycles. The van der Waals surface area contributed by atoms with Crippen molar-refractivity contribution in [2.24, 2.45) is 0 Å². The molecule has 0 aliphatic heterocycles. The van der Waals surface area contributed by atoms with Crippen molar-refractivity contribution in [2.45, 2.75) is 31.6 Å². The number of hydrogen-bond donors (Lipinski definition) is 0. The summed E-state index contributed by atoms with van der Waals surface area (Å²) in [5, 5.41) is 0.151. The van der Waals surface area contributed by atoms with E-state index in [1.807, 2.05) is 18.2 Å². The number of aromatic nitrogens is 1. The van der Waals surface area contributed by atoms with Crippen LogP contribution in [0.1, 0.15) is 43.0 Å². The second kappa shape index (κ2) is 6.25. The molecule has 0 radical (unpaired) electrons. The van der Waals surface area contributed by atoms with Crippen LogP contribution in [0.4, 0.5) is 0 Å². The average Bonchev–Trinajstić information content (AvgIpc) is 2.46. The van der Waals surface area contributed by atoms with Gasteiger partial charge in [0.25, 0.3) is 0 Å². The molecule has 1 unspecified atom stereocenters. The van der Waals surface area contributed by atoms with Gasteiger partial charge in [0.1, 0.15) is 10.4 Å². The maximum atomic E-state index is 6.52. The molecule has 112 valence electrons. The molecule has 0 bridgehead atoms. The predicted octanol–water partition coefficient (Wildman–Crippen LogP) is 5.37. The topological polar surface area (TPSA) is 22.1 Å². The molecule has 1 atom stereocenters. The highest BCUT2D eigenvalue weighted by atomic mass is 35.5. The number of benzene rings is 1. The van der Waals surface area contributed by atoms with Crippen molar-refractivity contribution < 1.29 is 4.74 Å². The fraction of sp³-hybridized carbons (Fsp3) is 0.353. The van der Waals surface area contributed by atoms with E-state index in [1.165, 1.54) is 5.56 Å². The molecular weight excluding hydrogens is 305 g/mol. The molecule has 1 heterocycles. The lowest BCUT2D eigenvalue weighted by Crippen LogP contribution is -2.11. The highest BCUT2D eigenvalue weighted by Crippen LogP contribution is 2.32. The highest BCUT2D eigenvalue weighted by molar-refractivity contribution is 6.31. The molecule has 0 amide bonds. The van der Waals surface area contributed by atoms with Gasteiger partial charge in [-0.3, -0.25) is 0 Å². The summed E-state index contributed by atoms with van der Waals surface area (Å²) in [4.78, 5) is 4.35. The van der Waals surface area contributed by atoms with E-state index < -0.39 is 0 Å². The molecule has 1 aromatic carbocycles. The summed E-state index contributed by atoms with van der Waals surface area (Å²) in [6.45, 7) is 6.56. The monoisotopic (exact) mass is 323 g/mol. The third-order valence-electron chi connectivity index (χ3n) is 3.36. The summed E-state index contributed by atoms with van der Waals surface area (Å²) in [5.74, 6) is 0.395. The van der Waals surface area contributed by atoms with Gasteiger partial charge in [-0.2, -0.15) is 0 Å². The minimum atomic E-state index is -0.329. The molecule has 1 aromatic heterocycles. The van der Waals surface area contributed by atoms with Gasteiger partial charge in [-0.05, 0) is 28.7 Å². The van der Waals surface area contributed by atoms with E-state index >= 15 is 0 Å². The van der Waals surface area contributed by atoms with Crippen molar-refractivity contribution in [3.63, 3.8) is 0 Å². The van der Waals surface area contributed by atoms with E-state index in [2.05, 4.69) is 37.9 Å². The Hall–Kier alpha value is -1.25. The lowest BCUT2D eigenvalue weighted by Gasteiger charge is -2.20. The van der Waals surface area contributed by atoms with Gasteiger partial charge in [-0.25, -0.2) is 4.98 Å². The Morgan fingerprint density at radius 1 is 1.05 bits per heavy atom. The molecule has 0 aliphatic rings. The fourth-order valence-corrected chi connectivity index (χ4v) is 2.49. The standard InChI is InChI=1S/C17H19Cl2NO/c1-17(2,3)12-7-5-11(6-8-12)15(19)14-10-9-13(18)16(20-14)21-4/h5-10,15H,1-4H3. The zero-order valence-electron chi connectivity index (χ0n) is 12.7. The van der Waals surface area contributed by atoms with E-state index in [1.54, 1.807) is 13.2 Å². The highest BCUT2D eigenvalue weighted by Gasteiger charge is 2.17. The van der Waals surface area contributed by atoms with E-state index in [0.717, 1.165) is 11.3 Å². The normalized spacial score (nSPS) is 13.0. The van der Waals surface area contributed by atoms with Crippen LogP contribution in [0.25, 0.3) is 0 Å². The first-order chi connectivity index (χ1) is 9.82. The molecule has 2 rings (SSSR count). The van der Waals surface area contributed by atoms with Crippen LogP contribution in [0.15, 0.2) is 36.4 Å². The van der Waals surface area contributed by atoms with Crippen LogP contribution in [-0.2, 0) is 5.41 Å². The minimum absolute atomic E-state index is 0.127. The smallest absolute Gasteiger partial charge is 0.232 e. The number of methoxy groups -OCH3 is 1. The second-order valence-corrected chi connectivity index (χ2v) is 6.81. The van der Waals surface area contributed by atoms with Gasteiger partial charge in [0.05, 0.1) is 12.8 Å². The fourth-order valence-electron chi connectivity index (χ4n) is 2.04. The number of nitrogens with zero attached hydrogens (tertiary/aromatic N) is 1. The van der Waals surface area contributed by atoms with Gasteiger partial charge >= 0.3 is 0 Å². The largest absolute Gasteiger partial charge is 0.480 e. The molecule has 2 nitrogen and oxygen atoms in total. The number of hydrogen-bond acceptors (Lipinski definition) is 2. The second-order valence-electron chi connectivity index (χ2n) is 5.96. The van der Waals surface area contributed by atoms with Crippen molar-refractivity contribution in [2.75, 3.05) is 7.11 Å². The molecular formula is C17H19Cl2NO. The van der Waals surface area contributed by atoms with Crippen LogP contribution >= 0.6 is 23.2 Å². The van der Waals surface area contributed by atoms with Crippen molar-refractivity contribution >= 4 is 23.2 Å². The van der Waals surface area contributed by atoms with Crippen molar-refractivity contribution in [1.29, 1.82) is 0 Å². The molecule has 2 aromatic rings. The summed E-state index contributed by atoms with van der Waals surface area (Å²) < 4.78 is 5.13. The zero-order valence-corrected chi connectivity index (χ0v) is 14.2. The van der Waals surface area contributed by atoms with Gasteiger partial charge in [0, 0.05) is 0 Å². The Balaban J connectivity index is 2.29. The Bertz CT molecular complexity index is 618. The van der Waals surface area contributed by atoms with Gasteiger partial charge in [0.15, 0.2) is 0 Å². The van der Waals surface area contributed by atoms with E-state index in [9.17, 15) is 0 Å². The molecule has 21 heavy (non-hydrogen) atoms. The van der Waals surface area contributed by atoms with Crippen LogP contribution < -0.4 is 4.74 Å². The van der Waals surface area contributed by atoms with E-state index in [0.29, 0.717) is 10.9 Å². The summed E-state index contributed by atoms with van der Waals surface area (Å²) in [7, 11) is 1.54. The van der Waals surface area contributed by atoms with Crippen molar-refractivity contribution in [3.8, 4) is 5.88 Å². The summed E-state index contributed by atoms with van der Waals surface area (Å²) >= 11 is 12.5. The first-order valence-electron chi connectivity index (χ1n) is 6.78. The maximum Gasteiger partial charge on any atom is 0.232 e. The van der Waals surface area contributed by atoms with Crippen LogP contribution in [0, 0.1) is 0 Å². The van der Waals surface area contributed by atoms with Crippen LogP contribution in [-0.4, -0.2) is 12.1 Å². The third kappa shape index (κ3) is 3.69. The SMILES string of the molecule is COc1nc(C(Cl)c2ccc(C(C)(C)C)cc2)ccc1Cl. The van der Waals surface area contributed by atoms with Gasteiger partial charge < -0.3 is 4.74 Å². The molecule has 0 fully saturated rings. The Labute approximate surface area is 136 Å². The molecule has 0 aliphatic carbocycles. The minimum Gasteiger partial charge on any atom is -0.480 e. The van der Waals surface area contributed by atoms with E-state index in [-0.39, 0.29) is 10.8 Å². The van der Waals surface area contributed by atoms with Gasteiger partial charge in [0.2, 0.25) is 5.88 Å². The Morgan fingerprint density at radius 2 is 1.67 bits per heavy atom. The number of halogens is 2. The Morgan fingerprint density at radius 3 is 2.19 bits per heavy atom. The van der Waals surface area contributed by atoms with Crippen LogP contribution in [0.3, 0.4) is 0 Å². The van der Waals surface area contributed by atoms with Gasteiger partial charge in [-0.1, -0.05) is 56.6 Å². The lowest BCUT2D eigenvalue weighted by molar-refractivity contribution is 0.396.